The fourth-order valence-electron chi connectivity index (χ4n) is 2.28. The maximum atomic E-state index is 13.4. The Morgan fingerprint density at radius 2 is 1.68 bits per heavy atom. The number of pyridine rings is 1. The Bertz CT molecular complexity index is 860. The summed E-state index contributed by atoms with van der Waals surface area (Å²) < 4.78 is 57.2. The number of halogens is 4. The number of carbonyl (C=O) groups is 2. The molecule has 1 aromatic heterocycles. The van der Waals surface area contributed by atoms with E-state index in [9.17, 15) is 27.2 Å². The second kappa shape index (κ2) is 8.72. The molecule has 2 heterocycles. The molecule has 0 saturated heterocycles. The highest BCUT2D eigenvalue weighted by Gasteiger charge is 2.63. The minimum atomic E-state index is -4.63. The van der Waals surface area contributed by atoms with Gasteiger partial charge in [-0.25, -0.2) is 0 Å². The third-order valence-electron chi connectivity index (χ3n) is 3.64. The number of ketones is 2. The molecule has 9 heteroatoms. The number of ether oxygens (including phenoxy) is 1. The van der Waals surface area contributed by atoms with E-state index in [2.05, 4.69) is 9.72 Å². The van der Waals surface area contributed by atoms with Crippen LogP contribution in [0.5, 0.6) is 5.75 Å². The van der Waals surface area contributed by atoms with Crippen LogP contribution in [0.1, 0.15) is 47.4 Å². The zero-order chi connectivity index (χ0) is 20.9. The molecule has 1 aliphatic rings. The van der Waals surface area contributed by atoms with Crippen LogP contribution in [0.3, 0.4) is 0 Å². The van der Waals surface area contributed by atoms with E-state index < -0.39 is 22.9 Å². The Labute approximate surface area is 163 Å². The van der Waals surface area contributed by atoms with Crippen molar-refractivity contribution in [3.8, 4) is 5.75 Å². The molecule has 0 atom stereocenters. The quantitative estimate of drug-likeness (QED) is 0.468. The van der Waals surface area contributed by atoms with Gasteiger partial charge in [-0.05, 0) is 42.1 Å². The number of nitrogens with zero attached hydrogens (tertiary/aromatic N) is 1. The number of hydrogen-bond acceptors (Lipinski definition) is 5. The van der Waals surface area contributed by atoms with Gasteiger partial charge in [0.2, 0.25) is 0 Å². The van der Waals surface area contributed by atoms with Gasteiger partial charge in [0.15, 0.2) is 11.6 Å². The Morgan fingerprint density at radius 3 is 2.29 bits per heavy atom. The largest absolute Gasteiger partial charge is 0.475 e. The van der Waals surface area contributed by atoms with Crippen molar-refractivity contribution < 1.29 is 31.9 Å². The van der Waals surface area contributed by atoms with E-state index in [1.54, 1.807) is 12.1 Å². The first kappa shape index (κ1) is 21.9. The third kappa shape index (κ3) is 4.70. The number of carbonyl (C=O) groups excluding carboxylic acids is 2. The Balaban J connectivity index is 0.00000136. The summed E-state index contributed by atoms with van der Waals surface area (Å²) in [7, 11) is 0. The average molecular weight is 415 g/mol. The molecule has 1 aromatic carbocycles. The summed E-state index contributed by atoms with van der Waals surface area (Å²) >= 11 is -0.362. The van der Waals surface area contributed by atoms with Crippen molar-refractivity contribution in [2.24, 2.45) is 0 Å². The zero-order valence-corrected chi connectivity index (χ0v) is 15.9. The lowest BCUT2D eigenvalue weighted by Gasteiger charge is -2.31. The van der Waals surface area contributed by atoms with E-state index in [0.29, 0.717) is 5.56 Å². The van der Waals surface area contributed by atoms with Gasteiger partial charge < -0.3 is 4.74 Å². The maximum Gasteiger partial charge on any atom is 0.475 e. The van der Waals surface area contributed by atoms with Gasteiger partial charge in [0, 0.05) is 36.4 Å². The first-order valence-electron chi connectivity index (χ1n) is 8.44. The molecule has 150 valence electrons. The zero-order valence-electron chi connectivity index (χ0n) is 15.0. The van der Waals surface area contributed by atoms with E-state index >= 15 is 0 Å². The highest BCUT2D eigenvalue weighted by Crippen LogP contribution is 2.54. The van der Waals surface area contributed by atoms with Crippen molar-refractivity contribution in [2.75, 3.05) is 0 Å². The van der Waals surface area contributed by atoms with Crippen LogP contribution in [0.25, 0.3) is 0 Å². The van der Waals surface area contributed by atoms with E-state index in [-0.39, 0.29) is 40.8 Å². The molecule has 0 N–H and O–H groups in total. The van der Waals surface area contributed by atoms with Gasteiger partial charge in [-0.3, -0.25) is 14.6 Å². The lowest BCUT2D eigenvalue weighted by molar-refractivity contribution is -0.273. The highest BCUT2D eigenvalue weighted by atomic mass is 32.2. The number of aromatic nitrogens is 1. The molecule has 0 radical (unpaired) electrons. The summed E-state index contributed by atoms with van der Waals surface area (Å²) in [5, 5.41) is -4.45. The summed E-state index contributed by atoms with van der Waals surface area (Å²) in [6, 6.07) is 6.47. The van der Waals surface area contributed by atoms with E-state index in [1.807, 2.05) is 13.8 Å². The van der Waals surface area contributed by atoms with Gasteiger partial charge in [-0.1, -0.05) is 13.8 Å². The molecule has 0 aliphatic carbocycles. The van der Waals surface area contributed by atoms with Gasteiger partial charge in [-0.15, -0.1) is 0 Å². The summed E-state index contributed by atoms with van der Waals surface area (Å²) in [4.78, 5) is 27.7. The molecule has 4 nitrogen and oxygen atoms in total. The summed E-state index contributed by atoms with van der Waals surface area (Å²) in [6.07, 6.45) is -1.98. The molecule has 0 amide bonds. The second-order valence-corrected chi connectivity index (χ2v) is 6.64. The number of fused-ring (bicyclic) bond motifs is 1. The van der Waals surface area contributed by atoms with Crippen LogP contribution < -0.4 is 4.74 Å². The molecule has 28 heavy (non-hydrogen) atoms. The molecule has 0 fully saturated rings. The highest BCUT2D eigenvalue weighted by molar-refractivity contribution is 8.00. The Morgan fingerprint density at radius 1 is 1.04 bits per heavy atom. The monoisotopic (exact) mass is 415 g/mol. The first-order valence-corrected chi connectivity index (χ1v) is 9.25. The topological polar surface area (TPSA) is 56.3 Å². The van der Waals surface area contributed by atoms with Crippen molar-refractivity contribution in [1.82, 2.24) is 4.98 Å². The number of alkyl halides is 4. The molecular weight excluding hydrogens is 398 g/mol. The fourth-order valence-corrected chi connectivity index (χ4v) is 3.12. The number of Topliss-reactive ketones (excluding diaryl/α,β-unsaturated/α-hetero) is 2. The standard InChI is InChI=1S/C17H11F4NO3S.C2H6/c18-16(19)17(20,21)26-15-8-10(3-6-14(15)25-16)12(23)4-5-13(24)11-2-1-7-22-9-11;1-2/h1-3,6-9H,4-5H2;1-2H3. The minimum absolute atomic E-state index is 0.0415. The number of hydrogen-bond donors (Lipinski definition) is 0. The summed E-state index contributed by atoms with van der Waals surface area (Å²) in [5.74, 6) is -1.17. The first-order chi connectivity index (χ1) is 13.2. The second-order valence-electron chi connectivity index (χ2n) is 5.49. The van der Waals surface area contributed by atoms with Crippen molar-refractivity contribution in [3.05, 3.63) is 53.9 Å². The lowest BCUT2D eigenvalue weighted by atomic mass is 10.0. The fraction of sp³-hybridized carbons (Fsp3) is 0.316. The maximum absolute atomic E-state index is 13.4. The van der Waals surface area contributed by atoms with Gasteiger partial charge in [0.1, 0.15) is 5.75 Å². The number of thioether (sulfide) groups is 1. The van der Waals surface area contributed by atoms with Crippen LogP contribution in [-0.2, 0) is 0 Å². The molecule has 0 unspecified atom stereocenters. The van der Waals surface area contributed by atoms with Crippen LogP contribution in [-0.4, -0.2) is 27.9 Å². The van der Waals surface area contributed by atoms with Crippen LogP contribution >= 0.6 is 11.8 Å². The minimum Gasteiger partial charge on any atom is -0.426 e. The molecule has 1 aliphatic heterocycles. The third-order valence-corrected chi connectivity index (χ3v) is 4.68. The molecule has 0 saturated carbocycles. The molecular formula is C19H17F4NO3S. The van der Waals surface area contributed by atoms with Crippen LogP contribution in [0.15, 0.2) is 47.6 Å². The van der Waals surface area contributed by atoms with Gasteiger partial charge in [0.25, 0.3) is 0 Å². The van der Waals surface area contributed by atoms with Crippen LogP contribution in [0, 0.1) is 0 Å². The SMILES string of the molecule is CC.O=C(CCC(=O)c1ccc2c(c1)SC(F)(F)C(F)(F)O2)c1cccnc1. The van der Waals surface area contributed by atoms with E-state index in [1.165, 1.54) is 18.5 Å². The molecule has 3 rings (SSSR count). The Hall–Kier alpha value is -2.42. The average Bonchev–Trinajstić information content (AvgIpc) is 2.68. The Kier molecular flexibility index (Phi) is 6.82. The lowest BCUT2D eigenvalue weighted by Crippen LogP contribution is -2.45. The van der Waals surface area contributed by atoms with Gasteiger partial charge in [-0.2, -0.15) is 17.6 Å². The number of benzene rings is 1. The smallest absolute Gasteiger partial charge is 0.426 e. The predicted octanol–water partition coefficient (Wildman–Crippen LogP) is 5.62. The molecule has 0 spiro atoms. The normalized spacial score (nSPS) is 16.1. The van der Waals surface area contributed by atoms with E-state index in [4.69, 9.17) is 0 Å². The van der Waals surface area contributed by atoms with Gasteiger partial charge >= 0.3 is 11.4 Å². The van der Waals surface area contributed by atoms with Crippen LogP contribution in [0.2, 0.25) is 0 Å². The van der Waals surface area contributed by atoms with Gasteiger partial charge in [0.05, 0.1) is 4.90 Å². The van der Waals surface area contributed by atoms with Crippen molar-refractivity contribution in [1.29, 1.82) is 0 Å². The molecule has 2 aromatic rings. The molecule has 0 bridgehead atoms. The van der Waals surface area contributed by atoms with Crippen LogP contribution in [0.4, 0.5) is 17.6 Å². The summed E-state index contributed by atoms with van der Waals surface area (Å²) in [5.41, 5.74) is 0.399. The van der Waals surface area contributed by atoms with Crippen molar-refractivity contribution >= 4 is 23.3 Å². The summed E-state index contributed by atoms with van der Waals surface area (Å²) in [6.45, 7) is 4.00. The van der Waals surface area contributed by atoms with Crippen molar-refractivity contribution in [2.45, 2.75) is 42.9 Å². The number of rotatable bonds is 5. The predicted molar refractivity (Wildman–Crippen MR) is 96.3 cm³/mol. The van der Waals surface area contributed by atoms with E-state index in [0.717, 1.165) is 12.1 Å². The van der Waals surface area contributed by atoms with Crippen molar-refractivity contribution in [3.63, 3.8) is 0 Å².